The van der Waals surface area contributed by atoms with Crippen LogP contribution in [0.2, 0.25) is 5.02 Å². The van der Waals surface area contributed by atoms with Crippen LogP contribution < -0.4 is 10.6 Å². The minimum atomic E-state index is -0.338. The first kappa shape index (κ1) is 11.7. The molecule has 1 aromatic heterocycles. The summed E-state index contributed by atoms with van der Waals surface area (Å²) in [6, 6.07) is 6.02. The van der Waals surface area contributed by atoms with Crippen LogP contribution in [-0.2, 0) is 0 Å². The Hall–Kier alpha value is -1.81. The Balaban J connectivity index is 2.27. The molecule has 1 aromatic carbocycles. The first-order chi connectivity index (χ1) is 8.19. The van der Waals surface area contributed by atoms with E-state index < -0.39 is 0 Å². The van der Waals surface area contributed by atoms with Crippen LogP contribution in [0.3, 0.4) is 0 Å². The molecule has 2 aromatic rings. The van der Waals surface area contributed by atoms with Crippen LogP contribution in [0, 0.1) is 5.82 Å². The third-order valence-electron chi connectivity index (χ3n) is 2.23. The largest absolute Gasteiger partial charge is 0.387 e. The molecule has 1 heterocycles. The molecule has 2 rings (SSSR count). The Morgan fingerprint density at radius 2 is 1.94 bits per heavy atom. The summed E-state index contributed by atoms with van der Waals surface area (Å²) in [5, 5.41) is 6.44. The molecule has 0 aliphatic heterocycles. The van der Waals surface area contributed by atoms with Gasteiger partial charge in [-0.05, 0) is 24.3 Å². The van der Waals surface area contributed by atoms with Gasteiger partial charge in [0.2, 0.25) is 0 Å². The number of benzene rings is 1. The summed E-state index contributed by atoms with van der Waals surface area (Å²) in [4.78, 5) is 4.04. The third kappa shape index (κ3) is 2.85. The monoisotopic (exact) mass is 251 g/mol. The molecule has 0 spiro atoms. The van der Waals surface area contributed by atoms with Crippen LogP contribution in [-0.4, -0.2) is 12.0 Å². The third-order valence-corrected chi connectivity index (χ3v) is 2.56. The number of rotatable bonds is 3. The number of pyridine rings is 1. The Kier molecular flexibility index (Phi) is 3.44. The molecule has 5 heteroatoms. The van der Waals surface area contributed by atoms with E-state index in [0.29, 0.717) is 10.7 Å². The number of hydrogen-bond acceptors (Lipinski definition) is 3. The highest BCUT2D eigenvalue weighted by atomic mass is 35.5. The fourth-order valence-electron chi connectivity index (χ4n) is 1.39. The minimum absolute atomic E-state index is 0.338. The van der Waals surface area contributed by atoms with Crippen LogP contribution in [0.1, 0.15) is 0 Å². The van der Waals surface area contributed by atoms with E-state index in [0.717, 1.165) is 11.4 Å². The van der Waals surface area contributed by atoms with Crippen molar-refractivity contribution in [3.05, 3.63) is 47.5 Å². The predicted octanol–water partition coefficient (Wildman–Crippen LogP) is 3.66. The topological polar surface area (TPSA) is 37.0 Å². The maximum absolute atomic E-state index is 13.1. The Morgan fingerprint density at radius 1 is 1.18 bits per heavy atom. The van der Waals surface area contributed by atoms with Crippen molar-refractivity contribution in [2.75, 3.05) is 17.7 Å². The minimum Gasteiger partial charge on any atom is -0.387 e. The summed E-state index contributed by atoms with van der Waals surface area (Å²) in [5.74, 6) is -0.338. The van der Waals surface area contributed by atoms with Gasteiger partial charge in [0.05, 0.1) is 34.5 Å². The molecule has 0 aliphatic rings. The van der Waals surface area contributed by atoms with Gasteiger partial charge in [-0.15, -0.1) is 0 Å². The van der Waals surface area contributed by atoms with E-state index in [1.165, 1.54) is 18.2 Å². The molecular weight excluding hydrogens is 241 g/mol. The van der Waals surface area contributed by atoms with Gasteiger partial charge >= 0.3 is 0 Å². The summed E-state index contributed by atoms with van der Waals surface area (Å²) >= 11 is 5.95. The number of nitrogens with zero attached hydrogens (tertiary/aromatic N) is 1. The number of aromatic nitrogens is 1. The van der Waals surface area contributed by atoms with Crippen molar-refractivity contribution < 1.29 is 4.39 Å². The standard InChI is InChI=1S/C12H11ClFN3/c1-15-9-5-10(7-16-6-9)17-12-4-8(14)2-3-11(12)13/h2-7,15,17H,1H3. The molecule has 0 saturated carbocycles. The molecule has 0 bridgehead atoms. The van der Waals surface area contributed by atoms with Gasteiger partial charge in [-0.3, -0.25) is 4.98 Å². The van der Waals surface area contributed by atoms with Gasteiger partial charge in [0.1, 0.15) is 5.82 Å². The van der Waals surface area contributed by atoms with Gasteiger partial charge in [0.15, 0.2) is 0 Å². The number of anilines is 3. The van der Waals surface area contributed by atoms with Crippen molar-refractivity contribution in [2.24, 2.45) is 0 Å². The normalized spacial score (nSPS) is 10.1. The van der Waals surface area contributed by atoms with Crippen LogP contribution in [0.5, 0.6) is 0 Å². The van der Waals surface area contributed by atoms with E-state index in [1.807, 2.05) is 6.07 Å². The first-order valence-corrected chi connectivity index (χ1v) is 5.42. The molecule has 0 amide bonds. The summed E-state index contributed by atoms with van der Waals surface area (Å²) in [5.41, 5.74) is 2.12. The fourth-order valence-corrected chi connectivity index (χ4v) is 1.56. The lowest BCUT2D eigenvalue weighted by molar-refractivity contribution is 0.628. The van der Waals surface area contributed by atoms with Gasteiger partial charge in [-0.1, -0.05) is 11.6 Å². The number of nitrogens with one attached hydrogen (secondary N) is 2. The van der Waals surface area contributed by atoms with E-state index in [4.69, 9.17) is 11.6 Å². The van der Waals surface area contributed by atoms with Crippen LogP contribution in [0.25, 0.3) is 0 Å². The smallest absolute Gasteiger partial charge is 0.125 e. The molecular formula is C12H11ClFN3. The zero-order chi connectivity index (χ0) is 12.3. The zero-order valence-corrected chi connectivity index (χ0v) is 9.92. The van der Waals surface area contributed by atoms with Crippen molar-refractivity contribution >= 4 is 28.7 Å². The lowest BCUT2D eigenvalue weighted by atomic mass is 10.3. The second kappa shape index (κ2) is 5.01. The van der Waals surface area contributed by atoms with E-state index in [-0.39, 0.29) is 5.82 Å². The molecule has 17 heavy (non-hydrogen) atoms. The molecule has 3 nitrogen and oxygen atoms in total. The molecule has 0 aliphatic carbocycles. The van der Waals surface area contributed by atoms with Crippen molar-refractivity contribution in [3.63, 3.8) is 0 Å². The lowest BCUT2D eigenvalue weighted by Gasteiger charge is -2.09. The van der Waals surface area contributed by atoms with Crippen LogP contribution >= 0.6 is 11.6 Å². The van der Waals surface area contributed by atoms with Crippen molar-refractivity contribution in [2.45, 2.75) is 0 Å². The van der Waals surface area contributed by atoms with Gasteiger partial charge in [-0.25, -0.2) is 4.39 Å². The Labute approximate surface area is 104 Å². The Bertz CT molecular complexity index is 531. The van der Waals surface area contributed by atoms with E-state index in [9.17, 15) is 4.39 Å². The second-order valence-corrected chi connectivity index (χ2v) is 3.87. The number of hydrogen-bond donors (Lipinski definition) is 2. The lowest BCUT2D eigenvalue weighted by Crippen LogP contribution is -1.95. The molecule has 0 fully saturated rings. The summed E-state index contributed by atoms with van der Waals surface area (Å²) < 4.78 is 13.1. The summed E-state index contributed by atoms with van der Waals surface area (Å²) in [6.45, 7) is 0. The van der Waals surface area contributed by atoms with Gasteiger partial charge in [0.25, 0.3) is 0 Å². The molecule has 88 valence electrons. The van der Waals surface area contributed by atoms with Gasteiger partial charge < -0.3 is 10.6 Å². The molecule has 0 saturated heterocycles. The SMILES string of the molecule is CNc1cncc(Nc2cc(F)ccc2Cl)c1. The highest BCUT2D eigenvalue weighted by molar-refractivity contribution is 6.33. The molecule has 0 atom stereocenters. The highest BCUT2D eigenvalue weighted by Gasteiger charge is 2.03. The molecule has 0 radical (unpaired) electrons. The van der Waals surface area contributed by atoms with Crippen LogP contribution in [0.15, 0.2) is 36.7 Å². The van der Waals surface area contributed by atoms with E-state index >= 15 is 0 Å². The van der Waals surface area contributed by atoms with Crippen molar-refractivity contribution in [3.8, 4) is 0 Å². The van der Waals surface area contributed by atoms with Crippen LogP contribution in [0.4, 0.5) is 21.5 Å². The predicted molar refractivity (Wildman–Crippen MR) is 68.5 cm³/mol. The fraction of sp³-hybridized carbons (Fsp3) is 0.0833. The maximum atomic E-state index is 13.1. The molecule has 0 unspecified atom stereocenters. The van der Waals surface area contributed by atoms with E-state index in [1.54, 1.807) is 19.4 Å². The average Bonchev–Trinajstić information content (AvgIpc) is 2.34. The first-order valence-electron chi connectivity index (χ1n) is 5.04. The van der Waals surface area contributed by atoms with Crippen molar-refractivity contribution in [1.82, 2.24) is 4.98 Å². The van der Waals surface area contributed by atoms with Gasteiger partial charge in [-0.2, -0.15) is 0 Å². The van der Waals surface area contributed by atoms with E-state index in [2.05, 4.69) is 15.6 Å². The number of halogens is 2. The van der Waals surface area contributed by atoms with Gasteiger partial charge in [0, 0.05) is 7.05 Å². The van der Waals surface area contributed by atoms with Crippen molar-refractivity contribution in [1.29, 1.82) is 0 Å². The second-order valence-electron chi connectivity index (χ2n) is 3.46. The highest BCUT2D eigenvalue weighted by Crippen LogP contribution is 2.26. The summed E-state index contributed by atoms with van der Waals surface area (Å²) in [7, 11) is 1.80. The quantitative estimate of drug-likeness (QED) is 0.874. The average molecular weight is 252 g/mol. The molecule has 2 N–H and O–H groups in total. The zero-order valence-electron chi connectivity index (χ0n) is 9.17. The maximum Gasteiger partial charge on any atom is 0.125 e. The summed E-state index contributed by atoms with van der Waals surface area (Å²) in [6.07, 6.45) is 3.33. The Morgan fingerprint density at radius 3 is 2.71 bits per heavy atom.